The number of ether oxygens (including phenoxy) is 1. The van der Waals surface area contributed by atoms with Crippen molar-refractivity contribution in [2.75, 3.05) is 11.9 Å². The molecular formula is C19H18N2O4S. The first-order valence-corrected chi connectivity index (χ1v) is 8.92. The molecule has 2 heterocycles. The molecule has 1 aromatic carbocycles. The number of hydrogen-bond donors (Lipinski definition) is 2. The number of rotatable bonds is 7. The van der Waals surface area contributed by atoms with Gasteiger partial charge in [0.1, 0.15) is 5.75 Å². The van der Waals surface area contributed by atoms with E-state index in [0.717, 1.165) is 4.88 Å². The van der Waals surface area contributed by atoms with E-state index < -0.39 is 0 Å². The van der Waals surface area contributed by atoms with Crippen molar-refractivity contribution in [3.63, 3.8) is 0 Å². The predicted molar refractivity (Wildman–Crippen MR) is 99.9 cm³/mol. The highest BCUT2D eigenvalue weighted by Crippen LogP contribution is 2.24. The smallest absolute Gasteiger partial charge is 0.319 e. The van der Waals surface area contributed by atoms with Gasteiger partial charge in [-0.25, -0.2) is 4.79 Å². The molecule has 2 aromatic heterocycles. The number of furan rings is 1. The van der Waals surface area contributed by atoms with Crippen molar-refractivity contribution >= 4 is 28.8 Å². The molecule has 3 rings (SSSR count). The number of hydrogen-bond acceptors (Lipinski definition) is 5. The van der Waals surface area contributed by atoms with Gasteiger partial charge < -0.3 is 19.8 Å². The number of ketones is 1. The summed E-state index contributed by atoms with van der Waals surface area (Å²) in [4.78, 5) is 25.8. The molecule has 0 aliphatic heterocycles. The highest BCUT2D eigenvalue weighted by molar-refractivity contribution is 7.14. The Bertz CT molecular complexity index is 887. The Morgan fingerprint density at radius 1 is 1.12 bits per heavy atom. The molecule has 6 nitrogen and oxygen atoms in total. The lowest BCUT2D eigenvalue weighted by Gasteiger charge is -2.11. The molecule has 0 saturated carbocycles. The van der Waals surface area contributed by atoms with E-state index in [-0.39, 0.29) is 11.8 Å². The number of carbonyl (C=O) groups is 2. The molecule has 7 heteroatoms. The van der Waals surface area contributed by atoms with Gasteiger partial charge in [-0.15, -0.1) is 11.3 Å². The average molecular weight is 370 g/mol. The van der Waals surface area contributed by atoms with Gasteiger partial charge in [-0.2, -0.15) is 0 Å². The first-order valence-electron chi connectivity index (χ1n) is 8.11. The molecular weight excluding hydrogens is 352 g/mol. The Hall–Kier alpha value is -3.06. The number of para-hydroxylation sites is 2. The maximum Gasteiger partial charge on any atom is 0.319 e. The summed E-state index contributed by atoms with van der Waals surface area (Å²) in [6, 6.07) is 13.7. The van der Waals surface area contributed by atoms with Crippen LogP contribution in [0.2, 0.25) is 0 Å². The summed E-state index contributed by atoms with van der Waals surface area (Å²) in [5.74, 6) is 0.755. The maximum atomic E-state index is 12.2. The number of carbonyl (C=O) groups excluding carboxylic acids is 2. The van der Waals surface area contributed by atoms with Gasteiger partial charge in [0.2, 0.25) is 5.78 Å². The molecule has 3 aromatic rings. The van der Waals surface area contributed by atoms with E-state index in [9.17, 15) is 9.59 Å². The van der Waals surface area contributed by atoms with Gasteiger partial charge in [-0.3, -0.25) is 4.79 Å². The first-order chi connectivity index (χ1) is 12.7. The van der Waals surface area contributed by atoms with Crippen LogP contribution in [-0.2, 0) is 6.54 Å². The summed E-state index contributed by atoms with van der Waals surface area (Å²) in [7, 11) is 0. The van der Waals surface area contributed by atoms with Crippen LogP contribution in [0, 0.1) is 0 Å². The third-order valence-corrected chi connectivity index (χ3v) is 4.57. The lowest BCUT2D eigenvalue weighted by atomic mass is 10.2. The van der Waals surface area contributed by atoms with Crippen molar-refractivity contribution in [1.29, 1.82) is 0 Å². The Morgan fingerprint density at radius 2 is 1.96 bits per heavy atom. The molecule has 0 atom stereocenters. The number of urea groups is 1. The van der Waals surface area contributed by atoms with Crippen LogP contribution in [0.1, 0.15) is 27.2 Å². The molecule has 0 bridgehead atoms. The van der Waals surface area contributed by atoms with Gasteiger partial charge >= 0.3 is 6.03 Å². The number of thiophene rings is 1. The minimum absolute atomic E-state index is 0.165. The summed E-state index contributed by atoms with van der Waals surface area (Å²) in [5, 5.41) is 5.54. The molecule has 0 fully saturated rings. The lowest BCUT2D eigenvalue weighted by molar-refractivity contribution is 0.101. The third-order valence-electron chi connectivity index (χ3n) is 3.49. The van der Waals surface area contributed by atoms with Crippen molar-refractivity contribution in [3.05, 3.63) is 70.3 Å². The zero-order valence-electron chi connectivity index (χ0n) is 14.2. The van der Waals surface area contributed by atoms with E-state index in [1.165, 1.54) is 17.6 Å². The summed E-state index contributed by atoms with van der Waals surface area (Å²) in [6.45, 7) is 2.72. The molecule has 2 amide bonds. The standard InChI is InChI=1S/C19H18N2O4S/c1-2-24-15-7-4-3-6-14(15)21-19(23)20-12-13-9-10-17(26-13)18(22)16-8-5-11-25-16/h3-11H,2,12H2,1H3,(H2,20,21,23). The third kappa shape index (κ3) is 4.31. The molecule has 0 saturated heterocycles. The quantitative estimate of drug-likeness (QED) is 0.608. The Balaban J connectivity index is 1.56. The van der Waals surface area contributed by atoms with Crippen LogP contribution in [0.25, 0.3) is 0 Å². The highest BCUT2D eigenvalue weighted by atomic mass is 32.1. The Morgan fingerprint density at radius 3 is 2.73 bits per heavy atom. The van der Waals surface area contributed by atoms with Crippen LogP contribution in [0.15, 0.2) is 59.2 Å². The molecule has 26 heavy (non-hydrogen) atoms. The van der Waals surface area contributed by atoms with Crippen LogP contribution in [-0.4, -0.2) is 18.4 Å². The zero-order chi connectivity index (χ0) is 18.4. The summed E-state index contributed by atoms with van der Waals surface area (Å²) < 4.78 is 10.6. The van der Waals surface area contributed by atoms with Crippen molar-refractivity contribution in [1.82, 2.24) is 5.32 Å². The zero-order valence-corrected chi connectivity index (χ0v) is 15.0. The largest absolute Gasteiger partial charge is 0.492 e. The Kier molecular flexibility index (Phi) is 5.70. The fourth-order valence-corrected chi connectivity index (χ4v) is 3.20. The van der Waals surface area contributed by atoms with Gasteiger partial charge in [-0.05, 0) is 43.3 Å². The normalized spacial score (nSPS) is 10.3. The van der Waals surface area contributed by atoms with E-state index in [2.05, 4.69) is 10.6 Å². The first kappa shape index (κ1) is 17.8. The molecule has 0 unspecified atom stereocenters. The molecule has 134 valence electrons. The summed E-state index contributed by atoms with van der Waals surface area (Å²) in [6.07, 6.45) is 1.47. The van der Waals surface area contributed by atoms with Crippen LogP contribution in [0.5, 0.6) is 5.75 Å². The fourth-order valence-electron chi connectivity index (χ4n) is 2.31. The topological polar surface area (TPSA) is 80.6 Å². The molecule has 0 aliphatic rings. The number of benzene rings is 1. The molecule has 0 radical (unpaired) electrons. The number of amides is 2. The van der Waals surface area contributed by atoms with Crippen LogP contribution < -0.4 is 15.4 Å². The lowest BCUT2D eigenvalue weighted by Crippen LogP contribution is -2.28. The van der Waals surface area contributed by atoms with Gasteiger partial charge in [0, 0.05) is 4.88 Å². The molecule has 0 aliphatic carbocycles. The van der Waals surface area contributed by atoms with E-state index >= 15 is 0 Å². The van der Waals surface area contributed by atoms with Gasteiger partial charge in [-0.1, -0.05) is 12.1 Å². The minimum Gasteiger partial charge on any atom is -0.492 e. The van der Waals surface area contributed by atoms with Gasteiger partial charge in [0.25, 0.3) is 0 Å². The van der Waals surface area contributed by atoms with Crippen molar-refractivity contribution in [2.45, 2.75) is 13.5 Å². The number of nitrogens with one attached hydrogen (secondary N) is 2. The van der Waals surface area contributed by atoms with Crippen LogP contribution >= 0.6 is 11.3 Å². The summed E-state index contributed by atoms with van der Waals surface area (Å²) >= 11 is 1.32. The monoisotopic (exact) mass is 370 g/mol. The predicted octanol–water partition coefficient (Wildman–Crippen LogP) is 4.29. The van der Waals surface area contributed by atoms with E-state index in [0.29, 0.717) is 35.2 Å². The minimum atomic E-state index is -0.343. The van der Waals surface area contributed by atoms with Gasteiger partial charge in [0.05, 0.1) is 30.0 Å². The maximum absolute atomic E-state index is 12.2. The highest BCUT2D eigenvalue weighted by Gasteiger charge is 2.14. The molecule has 0 spiro atoms. The second kappa shape index (κ2) is 8.35. The van der Waals surface area contributed by atoms with Crippen LogP contribution in [0.3, 0.4) is 0 Å². The fraction of sp³-hybridized carbons (Fsp3) is 0.158. The second-order valence-electron chi connectivity index (χ2n) is 5.31. The van der Waals surface area contributed by atoms with E-state index in [1.807, 2.05) is 25.1 Å². The van der Waals surface area contributed by atoms with Gasteiger partial charge in [0.15, 0.2) is 5.76 Å². The Labute approximate surface area is 154 Å². The summed E-state index contributed by atoms with van der Waals surface area (Å²) in [5.41, 5.74) is 0.603. The van der Waals surface area contributed by atoms with Crippen molar-refractivity contribution in [3.8, 4) is 5.75 Å². The van der Waals surface area contributed by atoms with Crippen molar-refractivity contribution < 1.29 is 18.7 Å². The van der Waals surface area contributed by atoms with E-state index in [4.69, 9.17) is 9.15 Å². The van der Waals surface area contributed by atoms with E-state index in [1.54, 1.807) is 30.3 Å². The molecule has 2 N–H and O–H groups in total. The van der Waals surface area contributed by atoms with Crippen LogP contribution in [0.4, 0.5) is 10.5 Å². The average Bonchev–Trinajstić information content (AvgIpc) is 3.33. The SMILES string of the molecule is CCOc1ccccc1NC(=O)NCc1ccc(C(=O)c2ccco2)s1. The van der Waals surface area contributed by atoms with Crippen molar-refractivity contribution in [2.24, 2.45) is 0 Å². The second-order valence-corrected chi connectivity index (χ2v) is 6.48. The number of anilines is 1.